The van der Waals surface area contributed by atoms with Crippen LogP contribution in [0.1, 0.15) is 0 Å². The van der Waals surface area contributed by atoms with Crippen molar-refractivity contribution in [2.75, 3.05) is 0 Å². The molecule has 0 unspecified atom stereocenters. The minimum absolute atomic E-state index is 0.681. The van der Waals surface area contributed by atoms with Crippen molar-refractivity contribution in [3.63, 3.8) is 0 Å². The van der Waals surface area contributed by atoms with Crippen LogP contribution in [0, 0.1) is 0 Å². The number of nitrogens with one attached hydrogen (secondary N) is 1. The fourth-order valence-electron chi connectivity index (χ4n) is 1.81. The molecule has 3 rings (SSSR count). The van der Waals surface area contributed by atoms with Gasteiger partial charge in [-0.3, -0.25) is 0 Å². The van der Waals surface area contributed by atoms with E-state index in [1.807, 2.05) is 36.4 Å². The molecule has 5 heteroatoms. The normalized spacial score (nSPS) is 11.1. The van der Waals surface area contributed by atoms with Crippen molar-refractivity contribution >= 4 is 54.5 Å². The summed E-state index contributed by atoms with van der Waals surface area (Å²) in [6.07, 6.45) is 0. The number of benzene rings is 2. The molecule has 0 spiro atoms. The first kappa shape index (κ1) is 12.2. The summed E-state index contributed by atoms with van der Waals surface area (Å²) >= 11 is 12.9. The molecule has 0 bridgehead atoms. The highest BCUT2D eigenvalue weighted by atomic mass is 79.9. The summed E-state index contributed by atoms with van der Waals surface area (Å²) in [7, 11) is 0. The summed E-state index contributed by atoms with van der Waals surface area (Å²) in [5.41, 5.74) is 2.89. The lowest BCUT2D eigenvalue weighted by molar-refractivity contribution is 1.33. The lowest BCUT2D eigenvalue weighted by atomic mass is 10.2. The van der Waals surface area contributed by atoms with Crippen LogP contribution >= 0.6 is 43.5 Å². The number of aromatic nitrogens is 2. The van der Waals surface area contributed by atoms with E-state index >= 15 is 0 Å². The molecule has 1 aromatic heterocycles. The van der Waals surface area contributed by atoms with Crippen LogP contribution in [0.4, 0.5) is 0 Å². The van der Waals surface area contributed by atoms with Gasteiger partial charge in [-0.25, -0.2) is 4.98 Å². The number of fused-ring (bicyclic) bond motifs is 1. The van der Waals surface area contributed by atoms with Gasteiger partial charge in [-0.15, -0.1) is 0 Å². The number of H-pyrrole nitrogens is 1. The van der Waals surface area contributed by atoms with Crippen LogP contribution in [0.2, 0.25) is 5.02 Å². The molecule has 0 amide bonds. The highest BCUT2D eigenvalue weighted by Crippen LogP contribution is 2.28. The number of rotatable bonds is 1. The van der Waals surface area contributed by atoms with E-state index in [0.717, 1.165) is 31.4 Å². The van der Waals surface area contributed by atoms with Gasteiger partial charge in [0.2, 0.25) is 0 Å². The Morgan fingerprint density at radius 1 is 1.00 bits per heavy atom. The van der Waals surface area contributed by atoms with Crippen LogP contribution in [0.5, 0.6) is 0 Å². The van der Waals surface area contributed by atoms with Gasteiger partial charge in [-0.2, -0.15) is 0 Å². The Morgan fingerprint density at radius 2 is 1.83 bits per heavy atom. The predicted octanol–water partition coefficient (Wildman–Crippen LogP) is 5.41. The standard InChI is InChI=1S/C13H7Br2ClN2/c14-8-1-2-11-12(6-8)18-13(17-11)7-3-9(15)5-10(16)4-7/h1-6H,(H,17,18). The monoisotopic (exact) mass is 384 g/mol. The highest BCUT2D eigenvalue weighted by Gasteiger charge is 2.07. The van der Waals surface area contributed by atoms with E-state index in [1.165, 1.54) is 0 Å². The lowest BCUT2D eigenvalue weighted by Gasteiger charge is -1.99. The molecule has 0 aliphatic heterocycles. The molecule has 90 valence electrons. The molecule has 0 saturated heterocycles. The lowest BCUT2D eigenvalue weighted by Crippen LogP contribution is -1.80. The number of imidazole rings is 1. The number of halogens is 3. The van der Waals surface area contributed by atoms with Crippen LogP contribution < -0.4 is 0 Å². The highest BCUT2D eigenvalue weighted by molar-refractivity contribution is 9.10. The molecule has 0 aliphatic carbocycles. The van der Waals surface area contributed by atoms with Gasteiger partial charge in [0.15, 0.2) is 0 Å². The molecule has 0 fully saturated rings. The zero-order valence-corrected chi connectivity index (χ0v) is 13.0. The number of hydrogen-bond donors (Lipinski definition) is 1. The first-order valence-corrected chi connectivity index (χ1v) is 7.20. The molecule has 1 heterocycles. The van der Waals surface area contributed by atoms with Crippen molar-refractivity contribution < 1.29 is 0 Å². The first-order chi connectivity index (χ1) is 8.61. The van der Waals surface area contributed by atoms with Crippen LogP contribution in [-0.2, 0) is 0 Å². The van der Waals surface area contributed by atoms with Gasteiger partial charge >= 0.3 is 0 Å². The van der Waals surface area contributed by atoms with E-state index in [4.69, 9.17) is 11.6 Å². The summed E-state index contributed by atoms with van der Waals surface area (Å²) in [6.45, 7) is 0. The van der Waals surface area contributed by atoms with E-state index in [0.29, 0.717) is 5.02 Å². The van der Waals surface area contributed by atoms with Gasteiger partial charge in [0.05, 0.1) is 11.0 Å². The second-order valence-electron chi connectivity index (χ2n) is 3.91. The second-order valence-corrected chi connectivity index (χ2v) is 6.17. The summed E-state index contributed by atoms with van der Waals surface area (Å²) in [4.78, 5) is 7.84. The van der Waals surface area contributed by atoms with Gasteiger partial charge in [-0.05, 0) is 36.4 Å². The van der Waals surface area contributed by atoms with E-state index in [-0.39, 0.29) is 0 Å². The molecular formula is C13H7Br2ClN2. The molecule has 3 aromatic rings. The summed E-state index contributed by atoms with van der Waals surface area (Å²) < 4.78 is 1.96. The van der Waals surface area contributed by atoms with Crippen molar-refractivity contribution in [3.8, 4) is 11.4 Å². The fourth-order valence-corrected chi connectivity index (χ4v) is 3.03. The zero-order valence-electron chi connectivity index (χ0n) is 9.05. The summed E-state index contributed by atoms with van der Waals surface area (Å²) in [5, 5.41) is 0.681. The minimum Gasteiger partial charge on any atom is -0.338 e. The van der Waals surface area contributed by atoms with Crippen LogP contribution in [0.3, 0.4) is 0 Å². The maximum absolute atomic E-state index is 6.04. The Labute approximate surface area is 126 Å². The van der Waals surface area contributed by atoms with Crippen molar-refractivity contribution in [2.24, 2.45) is 0 Å². The van der Waals surface area contributed by atoms with E-state index < -0.39 is 0 Å². The van der Waals surface area contributed by atoms with Crippen molar-refractivity contribution in [1.29, 1.82) is 0 Å². The average Bonchev–Trinajstić information content (AvgIpc) is 2.70. The Morgan fingerprint density at radius 3 is 2.61 bits per heavy atom. The van der Waals surface area contributed by atoms with Crippen molar-refractivity contribution in [3.05, 3.63) is 50.4 Å². The largest absolute Gasteiger partial charge is 0.338 e. The van der Waals surface area contributed by atoms with Crippen LogP contribution in [0.25, 0.3) is 22.4 Å². The molecule has 2 nitrogen and oxygen atoms in total. The molecule has 0 atom stereocenters. The predicted molar refractivity (Wildman–Crippen MR) is 81.9 cm³/mol. The third kappa shape index (κ3) is 2.32. The quantitative estimate of drug-likeness (QED) is 0.595. The Balaban J connectivity index is 2.19. The smallest absolute Gasteiger partial charge is 0.138 e. The number of nitrogens with zero attached hydrogens (tertiary/aromatic N) is 1. The van der Waals surface area contributed by atoms with Crippen molar-refractivity contribution in [1.82, 2.24) is 9.97 Å². The van der Waals surface area contributed by atoms with Crippen molar-refractivity contribution in [2.45, 2.75) is 0 Å². The molecule has 2 aromatic carbocycles. The van der Waals surface area contributed by atoms with Gasteiger partial charge in [0.25, 0.3) is 0 Å². The van der Waals surface area contributed by atoms with Crippen LogP contribution in [0.15, 0.2) is 45.3 Å². The van der Waals surface area contributed by atoms with Gasteiger partial charge in [0.1, 0.15) is 5.82 Å². The van der Waals surface area contributed by atoms with Gasteiger partial charge in [-0.1, -0.05) is 43.5 Å². The van der Waals surface area contributed by atoms with Crippen LogP contribution in [-0.4, -0.2) is 9.97 Å². The SMILES string of the molecule is Clc1cc(Br)cc(-c2nc3ccc(Br)cc3[nH]2)c1. The Kier molecular flexibility index (Phi) is 3.18. The van der Waals surface area contributed by atoms with E-state index in [2.05, 4.69) is 41.8 Å². The molecule has 0 saturated carbocycles. The maximum atomic E-state index is 6.04. The third-order valence-electron chi connectivity index (χ3n) is 2.58. The van der Waals surface area contributed by atoms with Gasteiger partial charge < -0.3 is 4.98 Å². The Hall–Kier alpha value is -0.840. The summed E-state index contributed by atoms with van der Waals surface area (Å²) in [6, 6.07) is 11.7. The van der Waals surface area contributed by atoms with E-state index in [9.17, 15) is 0 Å². The molecule has 18 heavy (non-hydrogen) atoms. The fraction of sp³-hybridized carbons (Fsp3) is 0. The summed E-state index contributed by atoms with van der Waals surface area (Å²) in [5.74, 6) is 0.811. The molecule has 1 N–H and O–H groups in total. The molecule has 0 aliphatic rings. The zero-order chi connectivity index (χ0) is 12.7. The average molecular weight is 386 g/mol. The topological polar surface area (TPSA) is 28.7 Å². The minimum atomic E-state index is 0.681. The number of aromatic amines is 1. The Bertz CT molecular complexity index is 717. The third-order valence-corrected chi connectivity index (χ3v) is 3.75. The maximum Gasteiger partial charge on any atom is 0.138 e. The first-order valence-electron chi connectivity index (χ1n) is 5.23. The second kappa shape index (κ2) is 4.68. The van der Waals surface area contributed by atoms with E-state index in [1.54, 1.807) is 0 Å². The number of hydrogen-bond acceptors (Lipinski definition) is 1. The van der Waals surface area contributed by atoms with Gasteiger partial charge in [0, 0.05) is 19.5 Å². The molecular weight excluding hydrogens is 379 g/mol. The molecule has 0 radical (unpaired) electrons.